The molecule has 198 valence electrons. The molecule has 1 fully saturated rings. The Morgan fingerprint density at radius 3 is 2.10 bits per heavy atom. The number of rotatable bonds is 4. The van der Waals surface area contributed by atoms with Gasteiger partial charge in [0.1, 0.15) is 11.5 Å². The third kappa shape index (κ3) is 3.28. The quantitative estimate of drug-likeness (QED) is 0.436. The Balaban J connectivity index is 1.71. The molecule has 0 N–H and O–H groups in total. The summed E-state index contributed by atoms with van der Waals surface area (Å²) in [5.41, 5.74) is 0.656. The van der Waals surface area contributed by atoms with E-state index in [4.69, 9.17) is 14.6 Å². The van der Waals surface area contributed by atoms with Crippen molar-refractivity contribution >= 4 is 23.6 Å². The van der Waals surface area contributed by atoms with E-state index >= 15 is 0 Å². The Labute approximate surface area is 227 Å². The molecule has 2 aliphatic heterocycles. The summed E-state index contributed by atoms with van der Waals surface area (Å²) in [7, 11) is 3.09. The number of ether oxygens (including phenoxy) is 2. The molecule has 6 rings (SSSR count). The molecular weight excluding hydrogens is 492 g/mol. The highest BCUT2D eigenvalue weighted by molar-refractivity contribution is 6.31. The number of fused-ring (bicyclic) bond motifs is 5. The summed E-state index contributed by atoms with van der Waals surface area (Å²) in [6.07, 6.45) is 1.72. The highest BCUT2D eigenvalue weighted by Gasteiger charge is 2.73. The van der Waals surface area contributed by atoms with Crippen molar-refractivity contribution in [3.8, 4) is 11.5 Å². The molecule has 0 saturated carbocycles. The number of carbonyl (C=O) groups excluding carboxylic acids is 3. The van der Waals surface area contributed by atoms with Gasteiger partial charge in [0.2, 0.25) is 0 Å². The van der Waals surface area contributed by atoms with Crippen LogP contribution in [0.4, 0.5) is 0 Å². The van der Waals surface area contributed by atoms with Gasteiger partial charge >= 0.3 is 0 Å². The lowest BCUT2D eigenvalue weighted by molar-refractivity contribution is -0.131. The molecule has 3 aromatic rings. The fourth-order valence-corrected chi connectivity index (χ4v) is 6.64. The number of methoxy groups -OCH3 is 2. The van der Waals surface area contributed by atoms with E-state index in [2.05, 4.69) is 0 Å². The van der Waals surface area contributed by atoms with Gasteiger partial charge in [0, 0.05) is 22.5 Å². The first-order chi connectivity index (χ1) is 18.7. The van der Waals surface area contributed by atoms with E-state index in [-0.39, 0.29) is 17.3 Å². The van der Waals surface area contributed by atoms with Crippen molar-refractivity contribution in [3.05, 3.63) is 94.5 Å². The fraction of sp³-hybridized carbons (Fsp3) is 0.312. The topological polar surface area (TPSA) is 85.3 Å². The van der Waals surface area contributed by atoms with E-state index in [1.807, 2.05) is 51.1 Å². The van der Waals surface area contributed by atoms with Crippen LogP contribution in [0.15, 0.2) is 71.8 Å². The van der Waals surface area contributed by atoms with Gasteiger partial charge in [0.15, 0.2) is 28.8 Å². The van der Waals surface area contributed by atoms with Gasteiger partial charge in [-0.3, -0.25) is 19.4 Å². The number of nitrogens with zero attached hydrogens (tertiary/aromatic N) is 2. The van der Waals surface area contributed by atoms with Crippen LogP contribution in [-0.4, -0.2) is 48.8 Å². The Hall–Kier alpha value is -4.26. The Kier molecular flexibility index (Phi) is 5.54. The van der Waals surface area contributed by atoms with Crippen LogP contribution in [0.2, 0.25) is 0 Å². The van der Waals surface area contributed by atoms with E-state index in [1.165, 1.54) is 7.11 Å². The van der Waals surface area contributed by atoms with Gasteiger partial charge in [-0.15, -0.1) is 0 Å². The monoisotopic (exact) mass is 522 g/mol. The zero-order valence-electron chi connectivity index (χ0n) is 22.6. The summed E-state index contributed by atoms with van der Waals surface area (Å²) in [5.74, 6) is -0.526. The van der Waals surface area contributed by atoms with Crippen LogP contribution in [0.5, 0.6) is 11.5 Å². The number of hydrogen-bond acceptors (Lipinski definition) is 7. The molecule has 3 aliphatic rings. The van der Waals surface area contributed by atoms with Gasteiger partial charge in [-0.25, -0.2) is 0 Å². The number of benzene rings is 3. The van der Waals surface area contributed by atoms with Crippen molar-refractivity contribution in [2.45, 2.75) is 38.8 Å². The van der Waals surface area contributed by atoms with Crippen molar-refractivity contribution < 1.29 is 23.9 Å². The van der Waals surface area contributed by atoms with Crippen LogP contribution in [0, 0.1) is 10.8 Å². The van der Waals surface area contributed by atoms with Gasteiger partial charge in [-0.1, -0.05) is 75.4 Å². The molecule has 7 heteroatoms. The molecule has 1 aliphatic carbocycles. The van der Waals surface area contributed by atoms with Gasteiger partial charge in [0.05, 0.1) is 26.5 Å². The minimum Gasteiger partial charge on any atom is -0.493 e. The summed E-state index contributed by atoms with van der Waals surface area (Å²) < 4.78 is 11.1. The van der Waals surface area contributed by atoms with Crippen molar-refractivity contribution in [2.75, 3.05) is 14.2 Å². The fourth-order valence-electron chi connectivity index (χ4n) is 6.64. The second-order valence-corrected chi connectivity index (χ2v) is 11.4. The molecule has 1 saturated heterocycles. The van der Waals surface area contributed by atoms with Crippen molar-refractivity contribution in [2.24, 2.45) is 15.9 Å². The zero-order chi connectivity index (χ0) is 27.7. The van der Waals surface area contributed by atoms with Gasteiger partial charge in [0.25, 0.3) is 0 Å². The smallest absolute Gasteiger partial charge is 0.180 e. The van der Waals surface area contributed by atoms with Gasteiger partial charge in [-0.2, -0.15) is 5.10 Å². The summed E-state index contributed by atoms with van der Waals surface area (Å²) >= 11 is 0. The summed E-state index contributed by atoms with van der Waals surface area (Å²) in [6, 6.07) is 18.3. The molecule has 0 amide bonds. The molecule has 0 aromatic heterocycles. The summed E-state index contributed by atoms with van der Waals surface area (Å²) in [4.78, 5) is 43.7. The molecule has 0 bridgehead atoms. The van der Waals surface area contributed by atoms with Crippen molar-refractivity contribution in [1.82, 2.24) is 5.01 Å². The molecule has 0 unspecified atom stereocenters. The van der Waals surface area contributed by atoms with Gasteiger partial charge < -0.3 is 9.47 Å². The van der Waals surface area contributed by atoms with Crippen LogP contribution in [-0.2, 0) is 4.79 Å². The second-order valence-electron chi connectivity index (χ2n) is 11.4. The second kappa shape index (κ2) is 8.63. The lowest BCUT2D eigenvalue weighted by Crippen LogP contribution is -2.45. The maximum atomic E-state index is 14.7. The van der Waals surface area contributed by atoms with Crippen molar-refractivity contribution in [3.63, 3.8) is 0 Å². The normalized spacial score (nSPS) is 22.5. The number of carbonyl (C=O) groups is 3. The largest absolute Gasteiger partial charge is 0.493 e. The zero-order valence-corrected chi connectivity index (χ0v) is 22.6. The maximum absolute atomic E-state index is 14.7. The van der Waals surface area contributed by atoms with E-state index < -0.39 is 28.8 Å². The molecule has 3 aromatic carbocycles. The Morgan fingerprint density at radius 1 is 0.872 bits per heavy atom. The van der Waals surface area contributed by atoms with Crippen LogP contribution < -0.4 is 9.47 Å². The lowest BCUT2D eigenvalue weighted by Gasteiger charge is -2.36. The van der Waals surface area contributed by atoms with E-state index in [0.717, 1.165) is 11.1 Å². The maximum Gasteiger partial charge on any atom is 0.180 e. The summed E-state index contributed by atoms with van der Waals surface area (Å²) in [5, 5.41) is 6.50. The van der Waals surface area contributed by atoms with E-state index in [0.29, 0.717) is 28.2 Å². The molecule has 1 spiro atoms. The lowest BCUT2D eigenvalue weighted by atomic mass is 9.62. The number of ketones is 3. The predicted octanol–water partition coefficient (Wildman–Crippen LogP) is 5.24. The first kappa shape index (κ1) is 25.0. The minimum atomic E-state index is -1.61. The highest BCUT2D eigenvalue weighted by atomic mass is 16.5. The first-order valence-electron chi connectivity index (χ1n) is 13.0. The van der Waals surface area contributed by atoms with Gasteiger partial charge in [-0.05, 0) is 28.8 Å². The summed E-state index contributed by atoms with van der Waals surface area (Å²) in [6.45, 7) is 5.57. The standard InChI is InChI=1S/C32H30N2O5/c1-31(2,3)30(37)26-25(18-14-15-23(38-4)24(16-18)39-5)32(28(35)21-12-8-9-13-22(21)29(32)36)27-20-11-7-6-10-19(20)17-33-34(26)27/h6-17,25-27H,1-5H3/t25-,26-,27+/m0/s1. The molecule has 39 heavy (non-hydrogen) atoms. The van der Waals surface area contributed by atoms with Crippen LogP contribution in [0.25, 0.3) is 0 Å². The molecule has 2 heterocycles. The SMILES string of the molecule is COc1ccc([C@H]2[C@@H](C(=O)C(C)(C)C)N3N=Cc4ccccc4[C@@H]3C23C(=O)c2ccccc2C3=O)cc1OC. The number of hydrogen-bond donors (Lipinski definition) is 0. The van der Waals surface area contributed by atoms with Crippen molar-refractivity contribution in [1.29, 1.82) is 0 Å². The van der Waals surface area contributed by atoms with Crippen LogP contribution in [0.3, 0.4) is 0 Å². The molecular formula is C32H30N2O5. The van der Waals surface area contributed by atoms with Crippen LogP contribution in [0.1, 0.15) is 70.1 Å². The average molecular weight is 523 g/mol. The van der Waals surface area contributed by atoms with E-state index in [9.17, 15) is 14.4 Å². The highest BCUT2D eigenvalue weighted by Crippen LogP contribution is 2.65. The van der Waals surface area contributed by atoms with Crippen LogP contribution >= 0.6 is 0 Å². The molecule has 0 radical (unpaired) electrons. The number of Topliss-reactive ketones (excluding diaryl/α,β-unsaturated/α-hetero) is 3. The first-order valence-corrected chi connectivity index (χ1v) is 13.0. The Morgan fingerprint density at radius 2 is 1.49 bits per heavy atom. The third-order valence-corrected chi connectivity index (χ3v) is 8.35. The number of hydrazone groups is 1. The molecule has 7 nitrogen and oxygen atoms in total. The minimum absolute atomic E-state index is 0.0998. The third-order valence-electron chi connectivity index (χ3n) is 8.35. The molecule has 3 atom stereocenters. The average Bonchev–Trinajstić information content (AvgIpc) is 3.37. The Bertz CT molecular complexity index is 1530. The predicted molar refractivity (Wildman–Crippen MR) is 147 cm³/mol. The van der Waals surface area contributed by atoms with E-state index in [1.54, 1.807) is 54.7 Å².